The van der Waals surface area contributed by atoms with Gasteiger partial charge in [-0.25, -0.2) is 4.98 Å². The molecule has 0 saturated carbocycles. The van der Waals surface area contributed by atoms with E-state index in [9.17, 15) is 23.1 Å². The van der Waals surface area contributed by atoms with Crippen molar-refractivity contribution in [1.29, 1.82) is 0 Å². The van der Waals surface area contributed by atoms with Gasteiger partial charge in [0.2, 0.25) is 0 Å². The average molecular weight is 547 g/mol. The van der Waals surface area contributed by atoms with Gasteiger partial charge in [-0.2, -0.15) is 18.3 Å². The molecule has 0 radical (unpaired) electrons. The summed E-state index contributed by atoms with van der Waals surface area (Å²) < 4.78 is 44.8. The number of pyridine rings is 1. The molecule has 5 aromatic rings. The topological polar surface area (TPSA) is 89.1 Å². The normalized spacial score (nSPS) is 14.6. The number of hydrogen-bond donors (Lipinski definition) is 1. The van der Waals surface area contributed by atoms with Crippen molar-refractivity contribution in [3.05, 3.63) is 95.1 Å². The third-order valence-corrected chi connectivity index (χ3v) is 7.23. The predicted octanol–water partition coefficient (Wildman–Crippen LogP) is 4.98. The Labute approximate surface area is 227 Å². The summed E-state index contributed by atoms with van der Waals surface area (Å²) in [6.45, 7) is 2.21. The lowest BCUT2D eigenvalue weighted by Gasteiger charge is -2.31. The number of aromatic nitrogens is 5. The summed E-state index contributed by atoms with van der Waals surface area (Å²) in [6.07, 6.45) is 2.10. The zero-order valence-corrected chi connectivity index (χ0v) is 21.9. The van der Waals surface area contributed by atoms with Crippen LogP contribution in [0.25, 0.3) is 21.9 Å². The summed E-state index contributed by atoms with van der Waals surface area (Å²) in [4.78, 5) is 24.2. The van der Waals surface area contributed by atoms with Crippen molar-refractivity contribution in [2.45, 2.75) is 25.6 Å². The second kappa shape index (κ2) is 9.30. The van der Waals surface area contributed by atoms with Gasteiger partial charge in [0.25, 0.3) is 5.91 Å². The van der Waals surface area contributed by atoms with Crippen LogP contribution in [0.1, 0.15) is 44.5 Å². The Kier molecular flexibility index (Phi) is 5.99. The van der Waals surface area contributed by atoms with E-state index >= 15 is 0 Å². The number of fused-ring (bicyclic) bond motifs is 2. The Balaban J connectivity index is 1.55. The van der Waals surface area contributed by atoms with Gasteiger partial charge >= 0.3 is 6.18 Å². The van der Waals surface area contributed by atoms with E-state index in [2.05, 4.69) is 15.1 Å². The largest absolute Gasteiger partial charge is 0.435 e. The molecule has 1 unspecified atom stereocenters. The number of aryl methyl sites for hydroxylation is 3. The Morgan fingerprint density at radius 2 is 1.80 bits per heavy atom. The van der Waals surface area contributed by atoms with Crippen LogP contribution in [-0.4, -0.2) is 41.9 Å². The summed E-state index contributed by atoms with van der Waals surface area (Å²) >= 11 is 0. The minimum Gasteiger partial charge on any atom is -0.382 e. The van der Waals surface area contributed by atoms with Crippen LogP contribution in [0.5, 0.6) is 0 Å². The molecule has 4 heterocycles. The smallest absolute Gasteiger partial charge is 0.382 e. The maximum atomic E-state index is 14.1. The molecule has 6 rings (SSSR count). The van der Waals surface area contributed by atoms with Crippen LogP contribution in [0.2, 0.25) is 0 Å². The Morgan fingerprint density at radius 1 is 1.02 bits per heavy atom. The first kappa shape index (κ1) is 25.8. The minimum atomic E-state index is -4.71. The number of alkyl halides is 3. The van der Waals surface area contributed by atoms with Crippen molar-refractivity contribution >= 4 is 22.4 Å². The quantitative estimate of drug-likeness (QED) is 0.344. The van der Waals surface area contributed by atoms with Gasteiger partial charge in [-0.05, 0) is 48.2 Å². The highest BCUT2D eigenvalue weighted by Gasteiger charge is 2.39. The third kappa shape index (κ3) is 4.32. The summed E-state index contributed by atoms with van der Waals surface area (Å²) in [5.41, 5.74) is 1.90. The van der Waals surface area contributed by atoms with Gasteiger partial charge in [-0.3, -0.25) is 14.5 Å². The SMILES string of the molecule is Cc1ccc2cncc(N3CCc4c(cc(C(O)c5cn(C)cn5)cc4-c4cn(C)nc4C(F)(F)F)C3=O)c2c1. The molecule has 3 aromatic heterocycles. The molecule has 1 aliphatic heterocycles. The zero-order valence-electron chi connectivity index (χ0n) is 21.9. The number of imidazole rings is 1. The van der Waals surface area contributed by atoms with Crippen LogP contribution in [0.15, 0.2) is 61.4 Å². The molecule has 8 nitrogen and oxygen atoms in total. The zero-order chi connectivity index (χ0) is 28.3. The Bertz CT molecular complexity index is 1790. The lowest BCUT2D eigenvalue weighted by molar-refractivity contribution is -0.140. The molecule has 0 aliphatic carbocycles. The highest BCUT2D eigenvalue weighted by atomic mass is 19.4. The third-order valence-electron chi connectivity index (χ3n) is 7.23. The second-order valence-corrected chi connectivity index (χ2v) is 10.1. The number of carbonyl (C=O) groups excluding carboxylic acids is 1. The number of benzene rings is 2. The van der Waals surface area contributed by atoms with Crippen LogP contribution in [0, 0.1) is 6.92 Å². The van der Waals surface area contributed by atoms with Crippen molar-refractivity contribution < 1.29 is 23.1 Å². The molecule has 11 heteroatoms. The summed E-state index contributed by atoms with van der Waals surface area (Å²) in [5.74, 6) is -0.383. The maximum Gasteiger partial charge on any atom is 0.435 e. The van der Waals surface area contributed by atoms with E-state index < -0.39 is 18.0 Å². The highest BCUT2D eigenvalue weighted by Crippen LogP contribution is 2.42. The molecule has 40 heavy (non-hydrogen) atoms. The first-order valence-electron chi connectivity index (χ1n) is 12.6. The van der Waals surface area contributed by atoms with E-state index in [0.717, 1.165) is 21.0 Å². The van der Waals surface area contributed by atoms with Crippen LogP contribution >= 0.6 is 0 Å². The molecule has 2 aromatic carbocycles. The molecule has 1 atom stereocenters. The second-order valence-electron chi connectivity index (χ2n) is 10.1. The van der Waals surface area contributed by atoms with Crippen molar-refractivity contribution in [1.82, 2.24) is 24.3 Å². The first-order valence-corrected chi connectivity index (χ1v) is 12.6. The van der Waals surface area contributed by atoms with E-state index in [1.165, 1.54) is 25.6 Å². The van der Waals surface area contributed by atoms with Gasteiger partial charge in [0.15, 0.2) is 5.69 Å². The molecule has 0 spiro atoms. The number of carbonyl (C=O) groups is 1. The molecule has 1 aliphatic rings. The number of amides is 1. The van der Waals surface area contributed by atoms with Gasteiger partial charge in [0.1, 0.15) is 6.10 Å². The Hall–Kier alpha value is -4.51. The number of hydrogen-bond acceptors (Lipinski definition) is 5. The summed E-state index contributed by atoms with van der Waals surface area (Å²) in [6, 6.07) is 8.94. The van der Waals surface area contributed by atoms with Crippen molar-refractivity contribution in [3.8, 4) is 11.1 Å². The van der Waals surface area contributed by atoms with Gasteiger partial charge in [-0.1, -0.05) is 17.7 Å². The number of rotatable bonds is 4. The van der Waals surface area contributed by atoms with E-state index in [4.69, 9.17) is 0 Å². The molecule has 0 bridgehead atoms. The standard InChI is InChI=1S/C29H25F3N6O2/c1-16-4-5-17-11-33-12-25(20(17)8-16)38-7-6-19-21(23-13-37(3)35-27(23)29(30,31)32)9-18(10-22(19)28(38)40)26(39)24-14-36(2)15-34-24/h4-5,8-15,26,39H,6-7H2,1-3H3. The van der Waals surface area contributed by atoms with Crippen LogP contribution in [0.4, 0.5) is 18.9 Å². The van der Waals surface area contributed by atoms with E-state index in [1.807, 2.05) is 25.1 Å². The molecule has 0 saturated heterocycles. The van der Waals surface area contributed by atoms with Crippen LogP contribution in [0.3, 0.4) is 0 Å². The van der Waals surface area contributed by atoms with E-state index in [1.54, 1.807) is 41.2 Å². The number of halogens is 3. The van der Waals surface area contributed by atoms with Crippen LogP contribution in [-0.2, 0) is 26.7 Å². The number of anilines is 1. The number of aliphatic hydroxyl groups excluding tert-OH is 1. The molecular weight excluding hydrogens is 521 g/mol. The monoisotopic (exact) mass is 546 g/mol. The number of nitrogens with zero attached hydrogens (tertiary/aromatic N) is 6. The van der Waals surface area contributed by atoms with E-state index in [0.29, 0.717) is 23.4 Å². The summed E-state index contributed by atoms with van der Waals surface area (Å²) in [7, 11) is 3.16. The average Bonchev–Trinajstić information content (AvgIpc) is 3.53. The maximum absolute atomic E-state index is 14.1. The molecule has 204 valence electrons. The molecule has 0 fully saturated rings. The van der Waals surface area contributed by atoms with E-state index in [-0.39, 0.29) is 34.7 Å². The highest BCUT2D eigenvalue weighted by molar-refractivity contribution is 6.13. The fourth-order valence-corrected chi connectivity index (χ4v) is 5.37. The van der Waals surface area contributed by atoms with Crippen molar-refractivity contribution in [2.75, 3.05) is 11.4 Å². The van der Waals surface area contributed by atoms with Crippen molar-refractivity contribution in [3.63, 3.8) is 0 Å². The fraction of sp³-hybridized carbons (Fsp3) is 0.241. The van der Waals surface area contributed by atoms with Crippen molar-refractivity contribution in [2.24, 2.45) is 14.1 Å². The van der Waals surface area contributed by atoms with Gasteiger partial charge in [0.05, 0.1) is 23.9 Å². The summed E-state index contributed by atoms with van der Waals surface area (Å²) in [5, 5.41) is 16.6. The molecule has 1 N–H and O–H groups in total. The van der Waals surface area contributed by atoms with Gasteiger partial charge in [0, 0.05) is 61.1 Å². The molecular formula is C29H25F3N6O2. The molecule has 1 amide bonds. The lowest BCUT2D eigenvalue weighted by atomic mass is 9.86. The van der Waals surface area contributed by atoms with Gasteiger partial charge in [-0.15, -0.1) is 0 Å². The lowest BCUT2D eigenvalue weighted by Crippen LogP contribution is -2.38. The minimum absolute atomic E-state index is 0.148. The first-order chi connectivity index (χ1) is 19.0. The Morgan fingerprint density at radius 3 is 2.52 bits per heavy atom. The van der Waals surface area contributed by atoms with Gasteiger partial charge < -0.3 is 14.6 Å². The fourth-order valence-electron chi connectivity index (χ4n) is 5.37. The predicted molar refractivity (Wildman–Crippen MR) is 143 cm³/mol. The number of aliphatic hydroxyl groups is 1. The van der Waals surface area contributed by atoms with Crippen LogP contribution < -0.4 is 4.90 Å².